The molecule has 0 bridgehead atoms. The molecule has 0 saturated carbocycles. The van der Waals surface area contributed by atoms with E-state index in [0.29, 0.717) is 5.95 Å². The van der Waals surface area contributed by atoms with Gasteiger partial charge in [0.05, 0.1) is 27.7 Å². The van der Waals surface area contributed by atoms with Crippen LogP contribution in [0.25, 0.3) is 82.6 Å². The van der Waals surface area contributed by atoms with Crippen LogP contribution in [0.5, 0.6) is 0 Å². The lowest BCUT2D eigenvalue weighted by atomic mass is 9.67. The molecule has 2 aliphatic rings. The van der Waals surface area contributed by atoms with Crippen molar-refractivity contribution in [3.05, 3.63) is 210 Å². The van der Waals surface area contributed by atoms with Crippen LogP contribution in [0.1, 0.15) is 22.3 Å². The van der Waals surface area contributed by atoms with Crippen molar-refractivity contribution in [2.75, 3.05) is 0 Å². The second-order valence-corrected chi connectivity index (χ2v) is 16.4. The van der Waals surface area contributed by atoms with Gasteiger partial charge < -0.3 is 0 Å². The number of para-hydroxylation sites is 1. The first-order valence-corrected chi connectivity index (χ1v) is 20.3. The van der Waals surface area contributed by atoms with Gasteiger partial charge in [-0.25, -0.2) is 9.97 Å². The van der Waals surface area contributed by atoms with Crippen LogP contribution in [0.3, 0.4) is 0 Å². The fourth-order valence-electron chi connectivity index (χ4n) is 10.1. The van der Waals surface area contributed by atoms with E-state index in [-0.39, 0.29) is 0 Å². The van der Waals surface area contributed by atoms with E-state index >= 15 is 0 Å². The molecule has 57 heavy (non-hydrogen) atoms. The number of hydrogen-bond acceptors (Lipinski definition) is 3. The van der Waals surface area contributed by atoms with Crippen LogP contribution < -0.4 is 0 Å². The Morgan fingerprint density at radius 1 is 0.421 bits per heavy atom. The van der Waals surface area contributed by atoms with E-state index in [1.807, 2.05) is 11.8 Å². The van der Waals surface area contributed by atoms with Crippen molar-refractivity contribution in [1.29, 1.82) is 0 Å². The van der Waals surface area contributed by atoms with Crippen molar-refractivity contribution in [3.63, 3.8) is 0 Å². The van der Waals surface area contributed by atoms with E-state index in [0.717, 1.165) is 33.2 Å². The van der Waals surface area contributed by atoms with E-state index in [9.17, 15) is 0 Å². The van der Waals surface area contributed by atoms with Gasteiger partial charge in [0.2, 0.25) is 5.95 Å². The molecule has 3 heterocycles. The summed E-state index contributed by atoms with van der Waals surface area (Å²) in [5, 5.41) is 8.18. The highest BCUT2D eigenvalue weighted by atomic mass is 32.2. The highest BCUT2D eigenvalue weighted by Crippen LogP contribution is 2.62. The summed E-state index contributed by atoms with van der Waals surface area (Å²) < 4.78 is 2.36. The van der Waals surface area contributed by atoms with Gasteiger partial charge in [-0.15, -0.1) is 0 Å². The molecule has 0 fully saturated rings. The van der Waals surface area contributed by atoms with Crippen molar-refractivity contribution in [2.45, 2.75) is 15.2 Å². The number of nitrogens with zero attached hydrogens (tertiary/aromatic N) is 3. The molecule has 13 rings (SSSR count). The molecule has 3 nitrogen and oxygen atoms in total. The number of hydrogen-bond donors (Lipinski definition) is 0. The average Bonchev–Trinajstić information content (AvgIpc) is 3.76. The third kappa shape index (κ3) is 4.17. The summed E-state index contributed by atoms with van der Waals surface area (Å²) in [4.78, 5) is 13.6. The van der Waals surface area contributed by atoms with Crippen LogP contribution in [0.15, 0.2) is 198 Å². The fourth-order valence-corrected chi connectivity index (χ4v) is 11.3. The smallest absolute Gasteiger partial charge is 0.235 e. The maximum absolute atomic E-state index is 5.58. The minimum Gasteiger partial charge on any atom is -0.277 e. The minimum absolute atomic E-state index is 0.498. The van der Waals surface area contributed by atoms with Gasteiger partial charge in [0, 0.05) is 36.9 Å². The second kappa shape index (κ2) is 11.5. The van der Waals surface area contributed by atoms with Crippen LogP contribution in [0.4, 0.5) is 0 Å². The molecule has 0 radical (unpaired) electrons. The Morgan fingerprint density at radius 2 is 1.07 bits per heavy atom. The molecule has 1 spiro atoms. The third-order valence-electron chi connectivity index (χ3n) is 12.4. The van der Waals surface area contributed by atoms with Crippen LogP contribution in [-0.4, -0.2) is 14.5 Å². The molecule has 0 atom stereocenters. The lowest BCUT2D eigenvalue weighted by Gasteiger charge is -2.39. The largest absolute Gasteiger partial charge is 0.277 e. The Bertz CT molecular complexity index is 3480. The zero-order valence-electron chi connectivity index (χ0n) is 30.6. The summed E-state index contributed by atoms with van der Waals surface area (Å²) in [7, 11) is 0. The fraction of sp³-hybridized carbons (Fsp3) is 0.0189. The molecule has 2 aromatic heterocycles. The molecule has 4 heteroatoms. The quantitative estimate of drug-likeness (QED) is 0.177. The first-order valence-electron chi connectivity index (χ1n) is 19.5. The second-order valence-electron chi connectivity index (χ2n) is 15.3. The van der Waals surface area contributed by atoms with Crippen LogP contribution in [0, 0.1) is 0 Å². The Hall–Kier alpha value is -7.01. The minimum atomic E-state index is -0.498. The zero-order valence-corrected chi connectivity index (χ0v) is 31.5. The van der Waals surface area contributed by atoms with Gasteiger partial charge in [-0.1, -0.05) is 169 Å². The summed E-state index contributed by atoms with van der Waals surface area (Å²) in [6, 6.07) is 68.9. The van der Waals surface area contributed by atoms with E-state index in [4.69, 9.17) is 9.97 Å². The van der Waals surface area contributed by atoms with Crippen molar-refractivity contribution >= 4 is 66.0 Å². The SMILES string of the molecule is c1ccc2c(c1)Sc1cc3c4ccc5ccccc5c4n(-c4nc(-c5ccc6ccccc6c5)c5ccccc5n4)c3cc1C21c2ccccc2-c2ccccc21. The normalized spacial score (nSPS) is 13.7. The van der Waals surface area contributed by atoms with Gasteiger partial charge in [0.25, 0.3) is 0 Å². The first kappa shape index (κ1) is 31.2. The van der Waals surface area contributed by atoms with Crippen molar-refractivity contribution in [2.24, 2.45) is 0 Å². The molecule has 0 unspecified atom stereocenters. The van der Waals surface area contributed by atoms with Gasteiger partial charge in [0.1, 0.15) is 0 Å². The van der Waals surface area contributed by atoms with Crippen molar-refractivity contribution < 1.29 is 0 Å². The predicted octanol–water partition coefficient (Wildman–Crippen LogP) is 13.5. The predicted molar refractivity (Wildman–Crippen MR) is 236 cm³/mol. The summed E-state index contributed by atoms with van der Waals surface area (Å²) in [6.45, 7) is 0. The molecule has 264 valence electrons. The third-order valence-corrected chi connectivity index (χ3v) is 13.6. The van der Waals surface area contributed by atoms with Crippen LogP contribution in [-0.2, 0) is 5.41 Å². The maximum atomic E-state index is 5.58. The Balaban J connectivity index is 1.19. The summed E-state index contributed by atoms with van der Waals surface area (Å²) >= 11 is 1.89. The molecular formula is C53H31N3S. The summed E-state index contributed by atoms with van der Waals surface area (Å²) in [5.41, 5.74) is 12.5. The number of benzene rings is 9. The van der Waals surface area contributed by atoms with Crippen molar-refractivity contribution in [3.8, 4) is 28.3 Å². The molecular weight excluding hydrogens is 711 g/mol. The standard InChI is InChI=1S/C53H31N3S/c1-2-15-34-29-35(26-25-32(34)13-1)50-40-19-7-11-23-46(40)54-52(55-50)56-47-31-45-49(30-41(47)39-28-27-33-14-3-4-16-36(33)51(39)56)57-48-24-12-10-22-44(48)53(45)42-20-8-5-17-37(42)38-18-6-9-21-43(38)53/h1-31H. The molecule has 1 aliphatic carbocycles. The van der Waals surface area contributed by atoms with Crippen LogP contribution >= 0.6 is 11.8 Å². The van der Waals surface area contributed by atoms with Gasteiger partial charge >= 0.3 is 0 Å². The monoisotopic (exact) mass is 741 g/mol. The van der Waals surface area contributed by atoms with Gasteiger partial charge in [-0.05, 0) is 79.9 Å². The van der Waals surface area contributed by atoms with Crippen LogP contribution in [0.2, 0.25) is 0 Å². The van der Waals surface area contributed by atoms with Gasteiger partial charge in [-0.3, -0.25) is 4.57 Å². The van der Waals surface area contributed by atoms with Gasteiger partial charge in [-0.2, -0.15) is 0 Å². The van der Waals surface area contributed by atoms with E-state index in [2.05, 4.69) is 193 Å². The maximum Gasteiger partial charge on any atom is 0.235 e. The Labute approximate surface area is 332 Å². The van der Waals surface area contributed by atoms with E-state index in [1.54, 1.807) is 0 Å². The molecule has 0 saturated heterocycles. The molecule has 9 aromatic carbocycles. The van der Waals surface area contributed by atoms with E-state index < -0.39 is 5.41 Å². The average molecular weight is 742 g/mol. The highest BCUT2D eigenvalue weighted by molar-refractivity contribution is 7.99. The lowest BCUT2D eigenvalue weighted by Crippen LogP contribution is -2.32. The van der Waals surface area contributed by atoms with E-state index in [1.165, 1.54) is 75.5 Å². The summed E-state index contributed by atoms with van der Waals surface area (Å²) in [6.07, 6.45) is 0. The molecule has 0 amide bonds. The Morgan fingerprint density at radius 3 is 1.89 bits per heavy atom. The lowest BCUT2D eigenvalue weighted by molar-refractivity contribution is 0.723. The van der Waals surface area contributed by atoms with Crippen molar-refractivity contribution in [1.82, 2.24) is 14.5 Å². The first-order chi connectivity index (χ1) is 28.3. The highest BCUT2D eigenvalue weighted by Gasteiger charge is 2.50. The zero-order chi connectivity index (χ0) is 37.2. The molecule has 1 aliphatic heterocycles. The Kier molecular flexibility index (Phi) is 6.31. The number of fused-ring (bicyclic) bond motifs is 16. The molecule has 11 aromatic rings. The number of rotatable bonds is 2. The number of aromatic nitrogens is 3. The topological polar surface area (TPSA) is 30.7 Å². The van der Waals surface area contributed by atoms with Gasteiger partial charge in [0.15, 0.2) is 0 Å². The summed E-state index contributed by atoms with van der Waals surface area (Å²) in [5.74, 6) is 0.665. The molecule has 0 N–H and O–H groups in total.